The van der Waals surface area contributed by atoms with Crippen LogP contribution in [0, 0.1) is 0 Å². The van der Waals surface area contributed by atoms with Crippen LogP contribution in [-0.2, 0) is 10.8 Å². The fraction of sp³-hybridized carbons (Fsp3) is 0.0769. The van der Waals surface area contributed by atoms with E-state index in [2.05, 4.69) is 255 Å². The summed E-state index contributed by atoms with van der Waals surface area (Å²) in [5.74, 6) is 0. The topological polar surface area (TPSA) is 3.24 Å². The van der Waals surface area contributed by atoms with Gasteiger partial charge in [-0.25, -0.2) is 0 Å². The summed E-state index contributed by atoms with van der Waals surface area (Å²) < 4.78 is 0. The second-order valence-electron chi connectivity index (χ2n) is 26.8. The highest BCUT2D eigenvalue weighted by molar-refractivity contribution is 6.73. The van der Waals surface area contributed by atoms with Gasteiger partial charge < -0.3 is 4.90 Å². The van der Waals surface area contributed by atoms with Crippen LogP contribution in [0.3, 0.4) is 0 Å². The fourth-order valence-corrected chi connectivity index (χ4v) is 16.8. The molecule has 11 rings (SSSR count). The summed E-state index contributed by atoms with van der Waals surface area (Å²) in [6.45, 7) is 5.01. The van der Waals surface area contributed by atoms with Crippen LogP contribution in [0.15, 0.2) is 24.3 Å². The number of hydrogen-bond donors (Lipinski definition) is 0. The monoisotopic (exact) mass is 1000 g/mol. The first-order chi connectivity index (χ1) is 37.3. The van der Waals surface area contributed by atoms with Crippen LogP contribution < -0.4 is 152 Å². The molecule has 0 saturated carbocycles. The average Bonchev–Trinajstić information content (AvgIpc) is 4.12. The van der Waals surface area contributed by atoms with Crippen LogP contribution in [0.1, 0.15) is 47.2 Å². The highest BCUT2D eigenvalue weighted by Crippen LogP contribution is 2.61. The van der Waals surface area contributed by atoms with E-state index in [1.807, 2.05) is 0 Å². The van der Waals surface area contributed by atoms with Crippen molar-refractivity contribution >= 4 is 376 Å². The molecule has 0 aliphatic heterocycles. The van der Waals surface area contributed by atoms with Gasteiger partial charge in [-0.05, 0) is 90.0 Å². The number of rotatable bonds is 4. The lowest BCUT2D eigenvalue weighted by Crippen LogP contribution is -2.57. The van der Waals surface area contributed by atoms with Crippen molar-refractivity contribution in [2.45, 2.75) is 24.7 Å². The first kappa shape index (κ1) is 57.1. The van der Waals surface area contributed by atoms with Crippen LogP contribution in [0.4, 0.5) is 17.1 Å². The quantitative estimate of drug-likeness (QED) is 0.159. The summed E-state index contributed by atoms with van der Waals surface area (Å²) in [4.78, 5) is 2.81. The average molecular weight is 995 g/mol. The molecule has 3 aliphatic carbocycles. The molecule has 8 aromatic rings. The van der Waals surface area contributed by atoms with Gasteiger partial charge in [0.05, 0.1) is 5.41 Å². The molecule has 0 N–H and O–H groups in total. The molecule has 1 atom stereocenters. The van der Waals surface area contributed by atoms with Gasteiger partial charge >= 0.3 is 0 Å². The predicted molar refractivity (Wildman–Crippen MR) is 441 cm³/mol. The molecule has 0 aromatic heterocycles. The van der Waals surface area contributed by atoms with Crippen LogP contribution >= 0.6 is 0 Å². The molecule has 80 heavy (non-hydrogen) atoms. The molecule has 3 aliphatic rings. The zero-order chi connectivity index (χ0) is 58.8. The Morgan fingerprint density at radius 1 is 0.237 bits per heavy atom. The van der Waals surface area contributed by atoms with Crippen molar-refractivity contribution in [3.05, 3.63) is 57.6 Å². The van der Waals surface area contributed by atoms with Crippen molar-refractivity contribution in [3.63, 3.8) is 0 Å². The minimum absolute atomic E-state index is 0.217. The summed E-state index contributed by atoms with van der Waals surface area (Å²) >= 11 is 0. The maximum Gasteiger partial charge on any atom is 0.141 e. The standard InChI is InChI=1S/C52H64B27N/c1-51(2)7-5-13(27(57)31(61)15(7)19-23(51)39(69)45(75)41(71)33(19)63)80(50-48(78)37(67)22(38(68)49(50)79)21-35(65)43(73)47(77)44(74)36(21)66)14-6-10-17(32(62)28(14)58)16-8(3-11(53)25(55)29(16)59)52(10)9-4-12(54)26(56)30(60)18(9)20-24(52)40(70)46(76)42(72)34(20)64/h3-6H,53-79H2,1-2H3. The second kappa shape index (κ2) is 18.7. The van der Waals surface area contributed by atoms with E-state index in [0.29, 0.717) is 0 Å². The smallest absolute Gasteiger partial charge is 0.141 e. The Kier molecular flexibility index (Phi) is 13.3. The zero-order valence-corrected chi connectivity index (χ0v) is 54.8. The number of anilines is 3. The third kappa shape index (κ3) is 6.92. The lowest BCUT2D eigenvalue weighted by Gasteiger charge is -2.39. The summed E-state index contributed by atoms with van der Waals surface area (Å²) in [5, 5.41) is 0. The van der Waals surface area contributed by atoms with E-state index in [4.69, 9.17) is 0 Å². The van der Waals surface area contributed by atoms with Gasteiger partial charge in [0, 0.05) is 22.5 Å². The molecule has 8 aromatic carbocycles. The molecule has 1 spiro atoms. The van der Waals surface area contributed by atoms with Gasteiger partial charge in [-0.1, -0.05) is 124 Å². The van der Waals surface area contributed by atoms with Crippen molar-refractivity contribution in [3.8, 4) is 44.5 Å². The van der Waals surface area contributed by atoms with Gasteiger partial charge in [-0.3, -0.25) is 0 Å². The van der Waals surface area contributed by atoms with Gasteiger partial charge in [0.15, 0.2) is 0 Å². The van der Waals surface area contributed by atoms with Crippen LogP contribution in [0.2, 0.25) is 0 Å². The van der Waals surface area contributed by atoms with E-state index in [1.54, 1.807) is 0 Å². The SMILES string of the molecule is Bc1cc2c(c(B)c1B)-c1c(cc(N(c3cc4c(c(B)c3B)-c3c(B)c(B)c(B)c(B)c3C4(C)C)c3c(B)c(B)c(-c4c(B)c(B)c(B)c(B)c4B)c(B)c3B)c(B)c1B)C21c2cc(B)c(B)c(B)c2-c2c(B)c(B)c(B)c(B)c21. The maximum absolute atomic E-state index is 2.81. The molecule has 0 fully saturated rings. The summed E-state index contributed by atoms with van der Waals surface area (Å²) in [5.41, 5.74) is 60.8. The predicted octanol–water partition coefficient (Wildman–Crippen LogP) is -33.6. The molecule has 0 heterocycles. The minimum atomic E-state index is -0.554. The molecular weight excluding hydrogens is 931 g/mol. The van der Waals surface area contributed by atoms with E-state index in [9.17, 15) is 0 Å². The van der Waals surface area contributed by atoms with Crippen molar-refractivity contribution in [2.75, 3.05) is 4.90 Å². The van der Waals surface area contributed by atoms with Gasteiger partial charge in [-0.15, -0.1) is 49.2 Å². The molecule has 0 amide bonds. The first-order valence-electron chi connectivity index (χ1n) is 30.0. The normalized spacial score (nSPS) is 14.9. The van der Waals surface area contributed by atoms with E-state index in [-0.39, 0.29) is 5.41 Å². The van der Waals surface area contributed by atoms with Gasteiger partial charge in [0.1, 0.15) is 212 Å². The van der Waals surface area contributed by atoms with E-state index in [0.717, 1.165) is 0 Å². The molecule has 28 heteroatoms. The highest BCUT2D eigenvalue weighted by atomic mass is 15.2. The molecule has 0 bridgehead atoms. The number of nitrogens with zero attached hydrogens (tertiary/aromatic N) is 1. The molecule has 1 unspecified atom stereocenters. The number of hydrogen-bond acceptors (Lipinski definition) is 1. The van der Waals surface area contributed by atoms with E-state index < -0.39 is 5.41 Å². The lowest BCUT2D eigenvalue weighted by atomic mass is 9.56. The Morgan fingerprint density at radius 3 is 0.912 bits per heavy atom. The Labute approximate surface area is 504 Å². The highest BCUT2D eigenvalue weighted by Gasteiger charge is 2.55. The summed E-state index contributed by atoms with van der Waals surface area (Å²) in [6, 6.07) is 10.7. The van der Waals surface area contributed by atoms with Crippen molar-refractivity contribution in [2.24, 2.45) is 0 Å². The second-order valence-corrected chi connectivity index (χ2v) is 26.8. The Bertz CT molecular complexity index is 4240. The molecule has 358 valence electrons. The third-order valence-corrected chi connectivity index (χ3v) is 23.6. The third-order valence-electron chi connectivity index (χ3n) is 23.6. The van der Waals surface area contributed by atoms with Crippen LogP contribution in [0.25, 0.3) is 44.5 Å². The van der Waals surface area contributed by atoms with Crippen molar-refractivity contribution in [1.82, 2.24) is 0 Å². The number of benzene rings is 8. The van der Waals surface area contributed by atoms with Crippen LogP contribution in [0.5, 0.6) is 0 Å². The Balaban J connectivity index is 1.35. The Hall–Kier alpha value is -4.69. The zero-order valence-electron chi connectivity index (χ0n) is 54.8. The molecule has 0 radical (unpaired) electrons. The Morgan fingerprint density at radius 2 is 0.500 bits per heavy atom. The van der Waals surface area contributed by atoms with Crippen molar-refractivity contribution in [1.29, 1.82) is 0 Å². The molecular formula is C52H64B27N. The minimum Gasteiger partial charge on any atom is -0.313 e. The van der Waals surface area contributed by atoms with Gasteiger partial charge in [-0.2, -0.15) is 0 Å². The molecule has 0 saturated heterocycles. The van der Waals surface area contributed by atoms with E-state index in [1.165, 1.54) is 242 Å². The van der Waals surface area contributed by atoms with Crippen molar-refractivity contribution < 1.29 is 0 Å². The first-order valence-corrected chi connectivity index (χ1v) is 30.0. The summed E-state index contributed by atoms with van der Waals surface area (Å²) in [7, 11) is 64.5. The lowest BCUT2D eigenvalue weighted by molar-refractivity contribution is 0.665. The number of fused-ring (bicyclic) bond motifs is 13. The largest absolute Gasteiger partial charge is 0.313 e. The van der Waals surface area contributed by atoms with E-state index >= 15 is 0 Å². The van der Waals surface area contributed by atoms with Gasteiger partial charge in [0.2, 0.25) is 0 Å². The van der Waals surface area contributed by atoms with Crippen LogP contribution in [-0.4, -0.2) is 212 Å². The fourth-order valence-electron chi connectivity index (χ4n) is 16.8. The summed E-state index contributed by atoms with van der Waals surface area (Å²) in [6.07, 6.45) is 0. The molecule has 1 nitrogen and oxygen atoms in total. The van der Waals surface area contributed by atoms with Gasteiger partial charge in [0.25, 0.3) is 0 Å². The maximum atomic E-state index is 2.81.